The van der Waals surface area contributed by atoms with Crippen LogP contribution >= 0.6 is 11.3 Å². The summed E-state index contributed by atoms with van der Waals surface area (Å²) in [4.78, 5) is 21.2. The number of aromatic nitrogens is 2. The van der Waals surface area contributed by atoms with Crippen molar-refractivity contribution in [1.82, 2.24) is 14.3 Å². The summed E-state index contributed by atoms with van der Waals surface area (Å²) in [7, 11) is 1.65. The largest absolute Gasteiger partial charge is 0.497 e. The summed E-state index contributed by atoms with van der Waals surface area (Å²) in [6, 6.07) is 28.0. The Balaban J connectivity index is 1.49. The van der Waals surface area contributed by atoms with Gasteiger partial charge in [-0.05, 0) is 23.3 Å². The third kappa shape index (κ3) is 4.52. The SMILES string of the molecule is COc1cccc(-c2cn3c(C(=O)N(Cc4ccccc4)Cc4ccccc4)csc3n2)c1. The van der Waals surface area contributed by atoms with Gasteiger partial charge in [0, 0.05) is 30.2 Å². The Hall–Kier alpha value is -3.90. The van der Waals surface area contributed by atoms with Crippen LogP contribution in [0, 0.1) is 0 Å². The number of imidazole rings is 1. The van der Waals surface area contributed by atoms with E-state index >= 15 is 0 Å². The molecule has 2 heterocycles. The van der Waals surface area contributed by atoms with Gasteiger partial charge in [-0.3, -0.25) is 9.20 Å². The van der Waals surface area contributed by atoms with E-state index < -0.39 is 0 Å². The first-order valence-electron chi connectivity index (χ1n) is 10.7. The number of rotatable bonds is 7. The second-order valence-corrected chi connectivity index (χ2v) is 8.60. The molecule has 33 heavy (non-hydrogen) atoms. The molecule has 6 heteroatoms. The van der Waals surface area contributed by atoms with E-state index in [0.29, 0.717) is 18.8 Å². The molecule has 5 rings (SSSR count). The predicted octanol–water partition coefficient (Wildman–Crippen LogP) is 5.91. The van der Waals surface area contributed by atoms with Gasteiger partial charge in [-0.15, -0.1) is 11.3 Å². The van der Waals surface area contributed by atoms with Crippen molar-refractivity contribution in [3.63, 3.8) is 0 Å². The number of methoxy groups -OCH3 is 1. The molecular weight excluding hydrogens is 430 g/mol. The number of ether oxygens (including phenoxy) is 1. The highest BCUT2D eigenvalue weighted by Crippen LogP contribution is 2.27. The molecule has 0 saturated carbocycles. The van der Waals surface area contributed by atoms with Crippen molar-refractivity contribution >= 4 is 22.2 Å². The van der Waals surface area contributed by atoms with Crippen LogP contribution in [0.25, 0.3) is 16.2 Å². The molecule has 0 atom stereocenters. The average molecular weight is 454 g/mol. The lowest BCUT2D eigenvalue weighted by Gasteiger charge is -2.23. The van der Waals surface area contributed by atoms with Gasteiger partial charge in [0.15, 0.2) is 4.96 Å². The molecule has 0 saturated heterocycles. The van der Waals surface area contributed by atoms with E-state index in [2.05, 4.69) is 0 Å². The lowest BCUT2D eigenvalue weighted by Crippen LogP contribution is -2.30. The molecule has 0 aliphatic heterocycles. The van der Waals surface area contributed by atoms with E-state index in [-0.39, 0.29) is 5.91 Å². The molecule has 0 spiro atoms. The van der Waals surface area contributed by atoms with Crippen molar-refractivity contribution in [2.24, 2.45) is 0 Å². The molecule has 2 aromatic heterocycles. The van der Waals surface area contributed by atoms with Crippen LogP contribution in [-0.4, -0.2) is 27.3 Å². The number of nitrogens with zero attached hydrogens (tertiary/aromatic N) is 3. The summed E-state index contributed by atoms with van der Waals surface area (Å²) in [5.41, 5.74) is 4.57. The van der Waals surface area contributed by atoms with Crippen LogP contribution in [0.15, 0.2) is 96.5 Å². The average Bonchev–Trinajstić information content (AvgIpc) is 3.46. The standard InChI is InChI=1S/C27H23N3O2S/c1-32-23-14-8-13-22(15-23)24-18-30-25(19-33-27(30)28-24)26(31)29(16-20-9-4-2-5-10-20)17-21-11-6-3-7-12-21/h2-15,18-19H,16-17H2,1H3. The zero-order valence-electron chi connectivity index (χ0n) is 18.2. The van der Waals surface area contributed by atoms with Gasteiger partial charge in [0.25, 0.3) is 5.91 Å². The highest BCUT2D eigenvalue weighted by molar-refractivity contribution is 7.15. The first-order valence-corrected chi connectivity index (χ1v) is 11.6. The fourth-order valence-electron chi connectivity index (χ4n) is 3.83. The number of benzene rings is 3. The van der Waals surface area contributed by atoms with Gasteiger partial charge in [0.05, 0.1) is 12.8 Å². The number of amides is 1. The Morgan fingerprint density at radius 1 is 0.939 bits per heavy atom. The third-order valence-electron chi connectivity index (χ3n) is 5.51. The highest BCUT2D eigenvalue weighted by atomic mass is 32.1. The zero-order valence-corrected chi connectivity index (χ0v) is 19.0. The van der Waals surface area contributed by atoms with Crippen LogP contribution in [0.2, 0.25) is 0 Å². The van der Waals surface area contributed by atoms with Crippen LogP contribution in [0.4, 0.5) is 0 Å². The number of thiazole rings is 1. The Labute approximate surface area is 196 Å². The minimum absolute atomic E-state index is 0.0245. The summed E-state index contributed by atoms with van der Waals surface area (Å²) in [6.45, 7) is 1.06. The van der Waals surface area contributed by atoms with Crippen molar-refractivity contribution in [3.05, 3.63) is 113 Å². The lowest BCUT2D eigenvalue weighted by molar-refractivity contribution is 0.0723. The highest BCUT2D eigenvalue weighted by Gasteiger charge is 2.22. The van der Waals surface area contributed by atoms with E-state index in [1.54, 1.807) is 7.11 Å². The summed E-state index contributed by atoms with van der Waals surface area (Å²) in [6.07, 6.45) is 1.93. The van der Waals surface area contributed by atoms with Crippen LogP contribution < -0.4 is 4.74 Å². The third-order valence-corrected chi connectivity index (χ3v) is 6.35. The number of carbonyl (C=O) groups is 1. The maximum atomic E-state index is 13.7. The molecule has 0 bridgehead atoms. The van der Waals surface area contributed by atoms with Crippen LogP contribution in [0.1, 0.15) is 21.6 Å². The number of hydrogen-bond acceptors (Lipinski definition) is 4. The molecule has 0 fully saturated rings. The van der Waals surface area contributed by atoms with Crippen molar-refractivity contribution in [2.45, 2.75) is 13.1 Å². The Morgan fingerprint density at radius 2 is 1.61 bits per heavy atom. The molecule has 5 nitrogen and oxygen atoms in total. The van der Waals surface area contributed by atoms with E-state index in [1.807, 2.05) is 106 Å². The van der Waals surface area contributed by atoms with E-state index in [0.717, 1.165) is 33.1 Å². The van der Waals surface area contributed by atoms with Gasteiger partial charge >= 0.3 is 0 Å². The van der Waals surface area contributed by atoms with E-state index in [9.17, 15) is 4.79 Å². The molecule has 1 amide bonds. The van der Waals surface area contributed by atoms with Crippen molar-refractivity contribution in [2.75, 3.05) is 7.11 Å². The quantitative estimate of drug-likeness (QED) is 0.308. The summed E-state index contributed by atoms with van der Waals surface area (Å²) < 4.78 is 7.24. The summed E-state index contributed by atoms with van der Waals surface area (Å²) in [5.74, 6) is 0.751. The fourth-order valence-corrected chi connectivity index (χ4v) is 4.68. The Bertz CT molecular complexity index is 1340. The van der Waals surface area contributed by atoms with Crippen LogP contribution in [0.3, 0.4) is 0 Å². The predicted molar refractivity (Wildman–Crippen MR) is 132 cm³/mol. The van der Waals surface area contributed by atoms with Gasteiger partial charge in [-0.25, -0.2) is 4.98 Å². The van der Waals surface area contributed by atoms with Gasteiger partial charge in [0.1, 0.15) is 11.4 Å². The summed E-state index contributed by atoms with van der Waals surface area (Å²) in [5, 5.41) is 1.89. The van der Waals surface area contributed by atoms with Crippen LogP contribution in [0.5, 0.6) is 5.75 Å². The minimum atomic E-state index is -0.0245. The first kappa shape index (κ1) is 21.0. The zero-order chi connectivity index (χ0) is 22.6. The Kier molecular flexibility index (Phi) is 5.91. The normalized spacial score (nSPS) is 10.9. The Morgan fingerprint density at radius 3 is 2.24 bits per heavy atom. The second-order valence-electron chi connectivity index (χ2n) is 7.76. The number of fused-ring (bicyclic) bond motifs is 1. The molecule has 3 aromatic carbocycles. The molecule has 5 aromatic rings. The van der Waals surface area contributed by atoms with Gasteiger partial charge < -0.3 is 9.64 Å². The minimum Gasteiger partial charge on any atom is -0.497 e. The van der Waals surface area contributed by atoms with Crippen molar-refractivity contribution in [3.8, 4) is 17.0 Å². The smallest absolute Gasteiger partial charge is 0.272 e. The van der Waals surface area contributed by atoms with E-state index in [4.69, 9.17) is 9.72 Å². The maximum absolute atomic E-state index is 13.7. The molecule has 0 unspecified atom stereocenters. The lowest BCUT2D eigenvalue weighted by atomic mass is 10.1. The van der Waals surface area contributed by atoms with Gasteiger partial charge in [-0.1, -0.05) is 72.8 Å². The van der Waals surface area contributed by atoms with Crippen molar-refractivity contribution < 1.29 is 9.53 Å². The molecule has 0 aliphatic carbocycles. The topological polar surface area (TPSA) is 46.8 Å². The molecule has 0 aliphatic rings. The summed E-state index contributed by atoms with van der Waals surface area (Å²) >= 11 is 1.47. The van der Waals surface area contributed by atoms with Crippen molar-refractivity contribution in [1.29, 1.82) is 0 Å². The number of carbonyl (C=O) groups excluding carboxylic acids is 1. The number of hydrogen-bond donors (Lipinski definition) is 0. The molecule has 164 valence electrons. The maximum Gasteiger partial charge on any atom is 0.272 e. The van der Waals surface area contributed by atoms with Crippen LogP contribution in [-0.2, 0) is 13.1 Å². The monoisotopic (exact) mass is 453 g/mol. The molecular formula is C27H23N3O2S. The van der Waals surface area contributed by atoms with Gasteiger partial charge in [-0.2, -0.15) is 0 Å². The fraction of sp³-hybridized carbons (Fsp3) is 0.111. The van der Waals surface area contributed by atoms with Gasteiger partial charge in [0.2, 0.25) is 0 Å². The second kappa shape index (κ2) is 9.30. The van der Waals surface area contributed by atoms with E-state index in [1.165, 1.54) is 11.3 Å². The first-order chi connectivity index (χ1) is 16.2. The molecule has 0 radical (unpaired) electrons. The molecule has 0 N–H and O–H groups in total.